The molecule has 1 aromatic heterocycles. The van der Waals surface area contributed by atoms with Gasteiger partial charge in [-0.2, -0.15) is 0 Å². The minimum Gasteiger partial charge on any atom is -0.482 e. The lowest BCUT2D eigenvalue weighted by atomic mass is 9.80. The van der Waals surface area contributed by atoms with Gasteiger partial charge >= 0.3 is 5.97 Å². The molecule has 1 atom stereocenters. The Labute approximate surface area is 206 Å². The van der Waals surface area contributed by atoms with Crippen molar-refractivity contribution in [1.82, 2.24) is 9.55 Å². The van der Waals surface area contributed by atoms with Gasteiger partial charge in [0.05, 0.1) is 24.8 Å². The van der Waals surface area contributed by atoms with E-state index < -0.39 is 0 Å². The maximum atomic E-state index is 11.6. The second-order valence-electron chi connectivity index (χ2n) is 8.93. The van der Waals surface area contributed by atoms with E-state index in [1.807, 2.05) is 30.6 Å². The van der Waals surface area contributed by atoms with Crippen LogP contribution in [0.1, 0.15) is 36.3 Å². The zero-order chi connectivity index (χ0) is 24.0. The first-order valence-corrected chi connectivity index (χ1v) is 12.2. The van der Waals surface area contributed by atoms with Crippen LogP contribution < -0.4 is 4.74 Å². The molecule has 4 aromatic rings. The third-order valence-corrected chi connectivity index (χ3v) is 6.81. The number of hydrogen-bond donors (Lipinski definition) is 0. The Balaban J connectivity index is 1.40. The lowest BCUT2D eigenvalue weighted by molar-refractivity contribution is -0.142. The van der Waals surface area contributed by atoms with Gasteiger partial charge in [0, 0.05) is 17.7 Å². The summed E-state index contributed by atoms with van der Waals surface area (Å²) in [4.78, 5) is 16.4. The zero-order valence-corrected chi connectivity index (χ0v) is 20.0. The van der Waals surface area contributed by atoms with E-state index >= 15 is 0 Å². The number of aromatic nitrogens is 2. The normalized spacial score (nSPS) is 14.8. The minimum atomic E-state index is -0.363. The molecule has 5 nitrogen and oxygen atoms in total. The van der Waals surface area contributed by atoms with E-state index in [1.165, 1.54) is 23.8 Å². The molecule has 1 unspecified atom stereocenters. The number of esters is 1. The molecule has 0 bridgehead atoms. The first-order valence-electron chi connectivity index (χ1n) is 12.2. The summed E-state index contributed by atoms with van der Waals surface area (Å²) in [5.41, 5.74) is 7.03. The third kappa shape index (κ3) is 4.99. The van der Waals surface area contributed by atoms with Gasteiger partial charge in [-0.3, -0.25) is 0 Å². The number of benzene rings is 3. The van der Waals surface area contributed by atoms with Crippen molar-refractivity contribution in [2.45, 2.75) is 38.1 Å². The van der Waals surface area contributed by atoms with E-state index in [0.29, 0.717) is 5.92 Å². The van der Waals surface area contributed by atoms with Crippen LogP contribution in [0.15, 0.2) is 85.2 Å². The molecule has 178 valence electrons. The zero-order valence-electron chi connectivity index (χ0n) is 20.0. The van der Waals surface area contributed by atoms with Crippen LogP contribution in [0.5, 0.6) is 5.75 Å². The summed E-state index contributed by atoms with van der Waals surface area (Å²) in [5, 5.41) is 0. The molecule has 35 heavy (non-hydrogen) atoms. The van der Waals surface area contributed by atoms with E-state index in [9.17, 15) is 4.79 Å². The van der Waals surface area contributed by atoms with Gasteiger partial charge in [-0.1, -0.05) is 72.8 Å². The Bertz CT molecular complexity index is 1280. The number of hydrogen-bond acceptors (Lipinski definition) is 4. The van der Waals surface area contributed by atoms with Crippen LogP contribution in [0.3, 0.4) is 0 Å². The Hall–Kier alpha value is -3.86. The fourth-order valence-corrected chi connectivity index (χ4v) is 5.10. The fraction of sp³-hybridized carbons (Fsp3) is 0.267. The molecule has 5 heteroatoms. The molecule has 0 saturated carbocycles. The van der Waals surface area contributed by atoms with E-state index in [2.05, 4.69) is 59.2 Å². The smallest absolute Gasteiger partial charge is 0.343 e. The van der Waals surface area contributed by atoms with Gasteiger partial charge in [0.15, 0.2) is 6.61 Å². The number of carbonyl (C=O) groups is 1. The van der Waals surface area contributed by atoms with Crippen molar-refractivity contribution in [3.8, 4) is 28.3 Å². The quantitative estimate of drug-likeness (QED) is 0.287. The lowest BCUT2D eigenvalue weighted by Gasteiger charge is -2.27. The Morgan fingerprint density at radius 2 is 1.71 bits per heavy atom. The standard InChI is InChI=1S/C30H30N2O3/c1-34-28(33)20-35-27-17-9-15-25-22(14-8-16-26(25)27)18-19-32-21-31-29(23-10-4-2-5-11-23)30(32)24-12-6-3-7-13-24/h2-7,9-13,15,17,21-22H,8,14,16,18-20H2,1H3. The van der Waals surface area contributed by atoms with Crippen molar-refractivity contribution in [2.75, 3.05) is 13.7 Å². The molecule has 0 saturated heterocycles. The predicted molar refractivity (Wildman–Crippen MR) is 137 cm³/mol. The molecule has 1 aliphatic carbocycles. The van der Waals surface area contributed by atoms with E-state index in [1.54, 1.807) is 0 Å². The van der Waals surface area contributed by atoms with E-state index in [-0.39, 0.29) is 12.6 Å². The van der Waals surface area contributed by atoms with Crippen LogP contribution in [0.25, 0.3) is 22.5 Å². The van der Waals surface area contributed by atoms with Crippen LogP contribution in [-0.2, 0) is 22.5 Å². The van der Waals surface area contributed by atoms with Gasteiger partial charge in [0.25, 0.3) is 0 Å². The maximum absolute atomic E-state index is 11.6. The number of methoxy groups -OCH3 is 1. The van der Waals surface area contributed by atoms with Crippen LogP contribution in [0.4, 0.5) is 0 Å². The molecular formula is C30H30N2O3. The molecule has 0 fully saturated rings. The van der Waals surface area contributed by atoms with Crippen LogP contribution in [0.2, 0.25) is 0 Å². The third-order valence-electron chi connectivity index (χ3n) is 6.81. The van der Waals surface area contributed by atoms with Gasteiger partial charge in [-0.25, -0.2) is 9.78 Å². The second kappa shape index (κ2) is 10.6. The summed E-state index contributed by atoms with van der Waals surface area (Å²) in [5.74, 6) is 0.876. The highest BCUT2D eigenvalue weighted by atomic mass is 16.6. The summed E-state index contributed by atoms with van der Waals surface area (Å²) < 4.78 is 12.8. The Morgan fingerprint density at radius 1 is 0.971 bits per heavy atom. The van der Waals surface area contributed by atoms with Gasteiger partial charge in [0.2, 0.25) is 0 Å². The summed E-state index contributed by atoms with van der Waals surface area (Å²) in [6.45, 7) is 0.816. The summed E-state index contributed by atoms with van der Waals surface area (Å²) >= 11 is 0. The lowest BCUT2D eigenvalue weighted by Crippen LogP contribution is -2.17. The average molecular weight is 467 g/mol. The largest absolute Gasteiger partial charge is 0.482 e. The van der Waals surface area contributed by atoms with Crippen molar-refractivity contribution in [3.63, 3.8) is 0 Å². The molecule has 1 aliphatic rings. The molecule has 0 radical (unpaired) electrons. The molecule has 5 rings (SSSR count). The highest BCUT2D eigenvalue weighted by molar-refractivity contribution is 5.78. The van der Waals surface area contributed by atoms with Gasteiger partial charge in [-0.05, 0) is 48.8 Å². The molecule has 1 heterocycles. The van der Waals surface area contributed by atoms with Gasteiger partial charge < -0.3 is 14.0 Å². The predicted octanol–water partition coefficient (Wildman–Crippen LogP) is 6.28. The summed E-state index contributed by atoms with van der Waals surface area (Å²) in [6.07, 6.45) is 6.22. The maximum Gasteiger partial charge on any atom is 0.343 e. The highest BCUT2D eigenvalue weighted by Crippen LogP contribution is 2.39. The number of ether oxygens (including phenoxy) is 2. The van der Waals surface area contributed by atoms with Crippen molar-refractivity contribution in [3.05, 3.63) is 96.3 Å². The molecule has 0 aliphatic heterocycles. The number of imidazole rings is 1. The van der Waals surface area contributed by atoms with E-state index in [4.69, 9.17) is 14.5 Å². The number of rotatable bonds is 8. The number of aryl methyl sites for hydroxylation is 1. The summed E-state index contributed by atoms with van der Waals surface area (Å²) in [7, 11) is 1.38. The highest BCUT2D eigenvalue weighted by Gasteiger charge is 2.24. The SMILES string of the molecule is COC(=O)COc1cccc2c1CCCC2CCn1cnc(-c2ccccc2)c1-c1ccccc1. The minimum absolute atomic E-state index is 0.0602. The molecule has 3 aromatic carbocycles. The second-order valence-corrected chi connectivity index (χ2v) is 8.93. The van der Waals surface area contributed by atoms with Crippen molar-refractivity contribution < 1.29 is 14.3 Å². The topological polar surface area (TPSA) is 53.4 Å². The van der Waals surface area contributed by atoms with Crippen molar-refractivity contribution in [2.24, 2.45) is 0 Å². The Kier molecular flexibility index (Phi) is 6.94. The first kappa shape index (κ1) is 22.9. The first-order chi connectivity index (χ1) is 17.2. The Morgan fingerprint density at radius 3 is 2.46 bits per heavy atom. The fourth-order valence-electron chi connectivity index (χ4n) is 5.10. The molecule has 0 amide bonds. The molecule has 0 N–H and O–H groups in total. The monoisotopic (exact) mass is 466 g/mol. The number of nitrogens with zero attached hydrogens (tertiary/aromatic N) is 2. The van der Waals surface area contributed by atoms with Crippen molar-refractivity contribution >= 4 is 5.97 Å². The number of carbonyl (C=O) groups excluding carboxylic acids is 1. The molecular weight excluding hydrogens is 436 g/mol. The van der Waals surface area contributed by atoms with Gasteiger partial charge in [-0.15, -0.1) is 0 Å². The van der Waals surface area contributed by atoms with Gasteiger partial charge in [0.1, 0.15) is 5.75 Å². The van der Waals surface area contributed by atoms with Crippen LogP contribution in [0, 0.1) is 0 Å². The average Bonchev–Trinajstić information content (AvgIpc) is 3.35. The number of fused-ring (bicyclic) bond motifs is 1. The van der Waals surface area contributed by atoms with Crippen molar-refractivity contribution in [1.29, 1.82) is 0 Å². The van der Waals surface area contributed by atoms with Crippen LogP contribution >= 0.6 is 0 Å². The van der Waals surface area contributed by atoms with Crippen LogP contribution in [-0.4, -0.2) is 29.2 Å². The van der Waals surface area contributed by atoms with E-state index in [0.717, 1.165) is 54.9 Å². The molecule has 0 spiro atoms. The summed E-state index contributed by atoms with van der Waals surface area (Å²) in [6, 6.07) is 27.1.